The molecule has 0 spiro atoms. The number of ether oxygens (including phenoxy) is 2. The molecule has 2 heterocycles. The maximum Gasteiger partial charge on any atom is 0.163 e. The summed E-state index contributed by atoms with van der Waals surface area (Å²) in [6.07, 6.45) is 4.05. The van der Waals surface area contributed by atoms with Crippen LogP contribution in [0.3, 0.4) is 0 Å². The SMILES string of the molecule is CC1(C)OC[C@@H](N2CCCCC2)[C@H](c2ccccc2)O1. The highest BCUT2D eigenvalue weighted by Gasteiger charge is 2.40. The van der Waals surface area contributed by atoms with Crippen molar-refractivity contribution >= 4 is 0 Å². The molecule has 0 saturated carbocycles. The van der Waals surface area contributed by atoms with Gasteiger partial charge in [0, 0.05) is 0 Å². The second-order valence-electron chi connectivity index (χ2n) is 6.32. The van der Waals surface area contributed by atoms with Crippen molar-refractivity contribution in [3.8, 4) is 0 Å². The van der Waals surface area contributed by atoms with E-state index in [9.17, 15) is 0 Å². The Labute approximate surface area is 121 Å². The summed E-state index contributed by atoms with van der Waals surface area (Å²) < 4.78 is 12.2. The number of piperidine rings is 1. The molecule has 110 valence electrons. The fraction of sp³-hybridized carbons (Fsp3) is 0.647. The van der Waals surface area contributed by atoms with E-state index in [1.807, 2.05) is 13.8 Å². The summed E-state index contributed by atoms with van der Waals surface area (Å²) in [5.41, 5.74) is 1.26. The van der Waals surface area contributed by atoms with Crippen LogP contribution in [0.2, 0.25) is 0 Å². The minimum absolute atomic E-state index is 0.109. The highest BCUT2D eigenvalue weighted by atomic mass is 16.7. The lowest BCUT2D eigenvalue weighted by atomic mass is 9.97. The molecule has 1 aromatic carbocycles. The summed E-state index contributed by atoms with van der Waals surface area (Å²) in [6.45, 7) is 7.11. The molecule has 0 unspecified atom stereocenters. The fourth-order valence-electron chi connectivity index (χ4n) is 3.27. The molecular weight excluding hydrogens is 250 g/mol. The van der Waals surface area contributed by atoms with Gasteiger partial charge in [-0.1, -0.05) is 36.8 Å². The summed E-state index contributed by atoms with van der Waals surface area (Å²) in [5.74, 6) is -0.493. The molecule has 20 heavy (non-hydrogen) atoms. The minimum Gasteiger partial charge on any atom is -0.349 e. The molecule has 0 aliphatic carbocycles. The van der Waals surface area contributed by atoms with Crippen molar-refractivity contribution in [2.45, 2.75) is 51.0 Å². The van der Waals surface area contributed by atoms with Crippen LogP contribution in [0.25, 0.3) is 0 Å². The zero-order valence-electron chi connectivity index (χ0n) is 12.5. The van der Waals surface area contributed by atoms with E-state index < -0.39 is 5.79 Å². The molecule has 2 fully saturated rings. The summed E-state index contributed by atoms with van der Waals surface area (Å²) in [5, 5.41) is 0. The summed E-state index contributed by atoms with van der Waals surface area (Å²) in [7, 11) is 0. The normalized spacial score (nSPS) is 31.1. The van der Waals surface area contributed by atoms with E-state index in [0.717, 1.165) is 6.61 Å². The van der Waals surface area contributed by atoms with Gasteiger partial charge in [-0.3, -0.25) is 4.90 Å². The van der Waals surface area contributed by atoms with Gasteiger partial charge in [0.1, 0.15) is 6.10 Å². The molecule has 3 nitrogen and oxygen atoms in total. The maximum atomic E-state index is 6.26. The molecule has 2 atom stereocenters. The third-order valence-corrected chi connectivity index (χ3v) is 4.35. The minimum atomic E-state index is -0.493. The predicted molar refractivity (Wildman–Crippen MR) is 79.5 cm³/mol. The van der Waals surface area contributed by atoms with Crippen molar-refractivity contribution < 1.29 is 9.47 Å². The summed E-state index contributed by atoms with van der Waals surface area (Å²) in [6, 6.07) is 10.9. The van der Waals surface area contributed by atoms with Crippen LogP contribution in [0.15, 0.2) is 30.3 Å². The number of benzene rings is 1. The lowest BCUT2D eigenvalue weighted by Gasteiger charge is -2.46. The van der Waals surface area contributed by atoms with Gasteiger partial charge >= 0.3 is 0 Å². The predicted octanol–water partition coefficient (Wildman–Crippen LogP) is 3.37. The number of rotatable bonds is 2. The molecule has 0 radical (unpaired) electrons. The Morgan fingerprint density at radius 2 is 1.75 bits per heavy atom. The number of hydrogen-bond donors (Lipinski definition) is 0. The van der Waals surface area contributed by atoms with E-state index in [-0.39, 0.29) is 6.10 Å². The monoisotopic (exact) mass is 275 g/mol. The van der Waals surface area contributed by atoms with E-state index >= 15 is 0 Å². The molecule has 3 heteroatoms. The Balaban J connectivity index is 1.83. The maximum absolute atomic E-state index is 6.26. The number of nitrogens with zero attached hydrogens (tertiary/aromatic N) is 1. The largest absolute Gasteiger partial charge is 0.349 e. The molecule has 3 rings (SSSR count). The Morgan fingerprint density at radius 3 is 2.45 bits per heavy atom. The molecule has 0 N–H and O–H groups in total. The lowest BCUT2D eigenvalue weighted by molar-refractivity contribution is -0.297. The Kier molecular flexibility index (Phi) is 4.11. The van der Waals surface area contributed by atoms with E-state index in [2.05, 4.69) is 35.2 Å². The molecule has 0 aromatic heterocycles. The van der Waals surface area contributed by atoms with Crippen molar-refractivity contribution in [3.63, 3.8) is 0 Å². The van der Waals surface area contributed by atoms with Crippen molar-refractivity contribution in [2.75, 3.05) is 19.7 Å². The zero-order chi connectivity index (χ0) is 14.0. The highest BCUT2D eigenvalue weighted by Crippen LogP contribution is 2.36. The van der Waals surface area contributed by atoms with Crippen LogP contribution in [-0.2, 0) is 9.47 Å². The van der Waals surface area contributed by atoms with Gasteiger partial charge in [-0.15, -0.1) is 0 Å². The second-order valence-corrected chi connectivity index (χ2v) is 6.32. The van der Waals surface area contributed by atoms with E-state index in [1.54, 1.807) is 0 Å². The van der Waals surface area contributed by atoms with E-state index in [1.165, 1.54) is 37.9 Å². The fourth-order valence-corrected chi connectivity index (χ4v) is 3.27. The van der Waals surface area contributed by atoms with E-state index in [4.69, 9.17) is 9.47 Å². The van der Waals surface area contributed by atoms with Crippen LogP contribution < -0.4 is 0 Å². The van der Waals surface area contributed by atoms with Gasteiger partial charge in [0.05, 0.1) is 12.6 Å². The average Bonchev–Trinajstić information content (AvgIpc) is 2.48. The van der Waals surface area contributed by atoms with Gasteiger partial charge in [-0.25, -0.2) is 0 Å². The van der Waals surface area contributed by atoms with Crippen LogP contribution in [0, 0.1) is 0 Å². The Bertz CT molecular complexity index is 426. The Hall–Kier alpha value is -0.900. The van der Waals surface area contributed by atoms with Crippen LogP contribution in [0.4, 0.5) is 0 Å². The third-order valence-electron chi connectivity index (χ3n) is 4.35. The first-order valence-electron chi connectivity index (χ1n) is 7.76. The Morgan fingerprint density at radius 1 is 1.05 bits per heavy atom. The number of likely N-dealkylation sites (tertiary alicyclic amines) is 1. The van der Waals surface area contributed by atoms with Crippen LogP contribution in [0.1, 0.15) is 44.8 Å². The van der Waals surface area contributed by atoms with Crippen molar-refractivity contribution in [1.29, 1.82) is 0 Å². The quantitative estimate of drug-likeness (QED) is 0.826. The zero-order valence-corrected chi connectivity index (χ0v) is 12.5. The standard InChI is InChI=1S/C17H25NO2/c1-17(2)19-13-15(18-11-7-4-8-12-18)16(20-17)14-9-5-3-6-10-14/h3,5-6,9-10,15-16H,4,7-8,11-13H2,1-2H3/t15-,16+/m1/s1. The first-order valence-corrected chi connectivity index (χ1v) is 7.76. The van der Waals surface area contributed by atoms with Gasteiger partial charge in [-0.05, 0) is 45.3 Å². The molecule has 0 amide bonds. The lowest BCUT2D eigenvalue weighted by Crippen LogP contribution is -2.53. The van der Waals surface area contributed by atoms with Gasteiger partial charge in [-0.2, -0.15) is 0 Å². The van der Waals surface area contributed by atoms with Crippen molar-refractivity contribution in [2.24, 2.45) is 0 Å². The molecular formula is C17H25NO2. The van der Waals surface area contributed by atoms with Gasteiger partial charge < -0.3 is 9.47 Å². The third kappa shape index (κ3) is 3.05. The van der Waals surface area contributed by atoms with Crippen LogP contribution in [0.5, 0.6) is 0 Å². The average molecular weight is 275 g/mol. The van der Waals surface area contributed by atoms with E-state index in [0.29, 0.717) is 6.04 Å². The molecule has 2 aliphatic rings. The molecule has 2 saturated heterocycles. The van der Waals surface area contributed by atoms with Gasteiger partial charge in [0.25, 0.3) is 0 Å². The van der Waals surface area contributed by atoms with Gasteiger partial charge in [0.2, 0.25) is 0 Å². The first-order chi connectivity index (χ1) is 9.66. The summed E-state index contributed by atoms with van der Waals surface area (Å²) >= 11 is 0. The second kappa shape index (κ2) is 5.84. The van der Waals surface area contributed by atoms with Crippen LogP contribution >= 0.6 is 0 Å². The summed E-state index contributed by atoms with van der Waals surface area (Å²) in [4.78, 5) is 2.55. The molecule has 2 aliphatic heterocycles. The smallest absolute Gasteiger partial charge is 0.163 e. The number of hydrogen-bond acceptors (Lipinski definition) is 3. The molecule has 0 bridgehead atoms. The van der Waals surface area contributed by atoms with Crippen molar-refractivity contribution in [1.82, 2.24) is 4.90 Å². The van der Waals surface area contributed by atoms with Crippen LogP contribution in [-0.4, -0.2) is 36.4 Å². The molecule has 1 aromatic rings. The van der Waals surface area contributed by atoms with Crippen molar-refractivity contribution in [3.05, 3.63) is 35.9 Å². The topological polar surface area (TPSA) is 21.7 Å². The first kappa shape index (κ1) is 14.1. The van der Waals surface area contributed by atoms with Gasteiger partial charge in [0.15, 0.2) is 5.79 Å². The highest BCUT2D eigenvalue weighted by molar-refractivity contribution is 5.20.